The molecule has 0 bridgehead atoms. The van der Waals surface area contributed by atoms with E-state index in [4.69, 9.17) is 10.3 Å². The molecule has 6 heteroatoms. The predicted octanol–water partition coefficient (Wildman–Crippen LogP) is 6.28. The SMILES string of the molecule is COC(=O)CC[C@@H](C)C1CC[C@H]2[C@@H]3CCC4C[C@](O)(CN=[N+]=[N-])CCC4(C)C3CCC12C. The third kappa shape index (κ3) is 3.96. The lowest BCUT2D eigenvalue weighted by Crippen LogP contribution is -2.56. The van der Waals surface area contributed by atoms with Crippen molar-refractivity contribution in [3.8, 4) is 0 Å². The van der Waals surface area contributed by atoms with E-state index >= 15 is 0 Å². The number of carbonyl (C=O) groups is 1. The van der Waals surface area contributed by atoms with Gasteiger partial charge in [-0.15, -0.1) is 0 Å². The summed E-state index contributed by atoms with van der Waals surface area (Å²) in [5.41, 5.74) is 8.62. The first kappa shape index (κ1) is 23.9. The van der Waals surface area contributed by atoms with E-state index in [0.717, 1.165) is 43.4 Å². The van der Waals surface area contributed by atoms with E-state index in [1.807, 2.05) is 0 Å². The lowest BCUT2D eigenvalue weighted by molar-refractivity contribution is -0.150. The Labute approximate surface area is 193 Å². The van der Waals surface area contributed by atoms with E-state index in [-0.39, 0.29) is 12.5 Å². The highest BCUT2D eigenvalue weighted by Crippen LogP contribution is 2.68. The van der Waals surface area contributed by atoms with Gasteiger partial charge in [-0.05, 0) is 116 Å². The first-order valence-electron chi connectivity index (χ1n) is 13.0. The maximum atomic E-state index is 11.7. The van der Waals surface area contributed by atoms with Crippen LogP contribution in [0.4, 0.5) is 0 Å². The molecule has 0 aromatic heterocycles. The number of nitrogens with zero attached hydrogens (tertiary/aromatic N) is 3. The van der Waals surface area contributed by atoms with Crippen LogP contribution in [-0.4, -0.2) is 30.3 Å². The topological polar surface area (TPSA) is 95.3 Å². The second-order valence-corrected chi connectivity index (χ2v) is 12.3. The maximum absolute atomic E-state index is 11.7. The molecule has 4 aliphatic carbocycles. The van der Waals surface area contributed by atoms with Crippen LogP contribution in [0.15, 0.2) is 5.11 Å². The summed E-state index contributed by atoms with van der Waals surface area (Å²) in [6.45, 7) is 7.65. The first-order valence-corrected chi connectivity index (χ1v) is 13.0. The summed E-state index contributed by atoms with van der Waals surface area (Å²) < 4.78 is 4.88. The van der Waals surface area contributed by atoms with Crippen molar-refractivity contribution in [2.24, 2.45) is 51.5 Å². The van der Waals surface area contributed by atoms with E-state index in [2.05, 4.69) is 30.8 Å². The zero-order valence-electron chi connectivity index (χ0n) is 20.6. The van der Waals surface area contributed by atoms with Gasteiger partial charge in [-0.3, -0.25) is 4.79 Å². The number of esters is 1. The summed E-state index contributed by atoms with van der Waals surface area (Å²) in [6, 6.07) is 0. The van der Waals surface area contributed by atoms with Gasteiger partial charge in [0.1, 0.15) is 0 Å². The number of aliphatic hydroxyl groups is 1. The number of ether oxygens (including phenoxy) is 1. The Bertz CT molecular complexity index is 767. The Morgan fingerprint density at radius 3 is 2.59 bits per heavy atom. The van der Waals surface area contributed by atoms with Gasteiger partial charge in [0.05, 0.1) is 19.3 Å². The predicted molar refractivity (Wildman–Crippen MR) is 125 cm³/mol. The Balaban J connectivity index is 1.47. The Morgan fingerprint density at radius 2 is 1.88 bits per heavy atom. The van der Waals surface area contributed by atoms with Gasteiger partial charge in [0.15, 0.2) is 0 Å². The van der Waals surface area contributed by atoms with Gasteiger partial charge in [0.25, 0.3) is 0 Å². The third-order valence-corrected chi connectivity index (χ3v) is 11.0. The molecule has 9 atom stereocenters. The van der Waals surface area contributed by atoms with E-state index < -0.39 is 5.60 Å². The largest absolute Gasteiger partial charge is 0.469 e. The molecule has 0 radical (unpaired) electrons. The molecule has 0 amide bonds. The van der Waals surface area contributed by atoms with Crippen LogP contribution in [-0.2, 0) is 9.53 Å². The zero-order valence-corrected chi connectivity index (χ0v) is 20.6. The molecule has 0 aliphatic heterocycles. The highest BCUT2D eigenvalue weighted by molar-refractivity contribution is 5.69. The molecule has 6 nitrogen and oxygen atoms in total. The smallest absolute Gasteiger partial charge is 0.305 e. The highest BCUT2D eigenvalue weighted by atomic mass is 16.5. The Morgan fingerprint density at radius 1 is 1.12 bits per heavy atom. The van der Waals surface area contributed by atoms with Gasteiger partial charge in [-0.2, -0.15) is 0 Å². The van der Waals surface area contributed by atoms with Crippen molar-refractivity contribution in [2.45, 2.75) is 97.0 Å². The van der Waals surface area contributed by atoms with E-state index in [0.29, 0.717) is 35.0 Å². The molecule has 4 saturated carbocycles. The van der Waals surface area contributed by atoms with E-state index in [9.17, 15) is 9.90 Å². The average Bonchev–Trinajstić information content (AvgIpc) is 3.14. The first-order chi connectivity index (χ1) is 15.2. The van der Waals surface area contributed by atoms with Crippen LogP contribution >= 0.6 is 0 Å². The number of methoxy groups -OCH3 is 1. The number of rotatable bonds is 6. The number of fused-ring (bicyclic) bond motifs is 5. The summed E-state index contributed by atoms with van der Waals surface area (Å²) in [7, 11) is 1.49. The highest BCUT2D eigenvalue weighted by Gasteiger charge is 2.61. The fourth-order valence-electron chi connectivity index (χ4n) is 9.25. The summed E-state index contributed by atoms with van der Waals surface area (Å²) in [6.07, 6.45) is 11.8. The molecule has 5 unspecified atom stereocenters. The third-order valence-electron chi connectivity index (χ3n) is 11.0. The van der Waals surface area contributed by atoms with Crippen LogP contribution in [0.25, 0.3) is 10.4 Å². The van der Waals surface area contributed by atoms with Crippen molar-refractivity contribution >= 4 is 5.97 Å². The molecule has 4 fully saturated rings. The monoisotopic (exact) mass is 445 g/mol. The molecule has 180 valence electrons. The molecule has 0 aromatic carbocycles. The molecule has 0 saturated heterocycles. The minimum atomic E-state index is -0.806. The Hall–Kier alpha value is -1.26. The molecule has 32 heavy (non-hydrogen) atoms. The van der Waals surface area contributed by atoms with Crippen molar-refractivity contribution < 1.29 is 14.6 Å². The van der Waals surface area contributed by atoms with Crippen molar-refractivity contribution in [2.75, 3.05) is 13.7 Å². The van der Waals surface area contributed by atoms with E-state index in [1.54, 1.807) is 0 Å². The molecule has 0 spiro atoms. The van der Waals surface area contributed by atoms with Crippen molar-refractivity contribution in [1.29, 1.82) is 0 Å². The van der Waals surface area contributed by atoms with Crippen LogP contribution in [0, 0.1) is 46.3 Å². The van der Waals surface area contributed by atoms with Crippen molar-refractivity contribution in [3.05, 3.63) is 10.4 Å². The molecule has 4 rings (SSSR count). The second-order valence-electron chi connectivity index (χ2n) is 12.3. The lowest BCUT2D eigenvalue weighted by atomic mass is 9.43. The number of carbonyl (C=O) groups excluding carboxylic acids is 1. The zero-order chi connectivity index (χ0) is 23.1. The van der Waals surface area contributed by atoms with Crippen molar-refractivity contribution in [3.63, 3.8) is 0 Å². The molecule has 0 aromatic rings. The van der Waals surface area contributed by atoms with Crippen LogP contribution in [0.1, 0.15) is 91.4 Å². The molecule has 1 N–H and O–H groups in total. The quantitative estimate of drug-likeness (QED) is 0.226. The van der Waals surface area contributed by atoms with Gasteiger partial charge >= 0.3 is 5.97 Å². The van der Waals surface area contributed by atoms with Crippen LogP contribution in [0.3, 0.4) is 0 Å². The van der Waals surface area contributed by atoms with Gasteiger partial charge in [-0.1, -0.05) is 25.9 Å². The maximum Gasteiger partial charge on any atom is 0.305 e. The molecular weight excluding hydrogens is 402 g/mol. The average molecular weight is 446 g/mol. The minimum absolute atomic E-state index is 0.0794. The normalized spacial score (nSPS) is 46.2. The van der Waals surface area contributed by atoms with Gasteiger partial charge < -0.3 is 9.84 Å². The second kappa shape index (κ2) is 8.83. The summed E-state index contributed by atoms with van der Waals surface area (Å²) >= 11 is 0. The fourth-order valence-corrected chi connectivity index (χ4v) is 9.25. The summed E-state index contributed by atoms with van der Waals surface area (Å²) in [5, 5.41) is 14.8. The molecular formula is C26H43N3O3. The fraction of sp³-hybridized carbons (Fsp3) is 0.962. The number of azide groups is 1. The summed E-state index contributed by atoms with van der Waals surface area (Å²) in [5.74, 6) is 4.10. The molecule has 4 aliphatic rings. The minimum Gasteiger partial charge on any atom is -0.469 e. The van der Waals surface area contributed by atoms with E-state index in [1.165, 1.54) is 45.6 Å². The lowest BCUT2D eigenvalue weighted by Gasteiger charge is -2.62. The van der Waals surface area contributed by atoms with Gasteiger partial charge in [-0.25, -0.2) is 0 Å². The standard InChI is InChI=1S/C26H43N3O3/c1-17(5-10-23(30)32-4)20-8-9-21-19-7-6-18-15-26(31,16-28-29-27)14-13-24(18,2)22(19)11-12-25(20,21)3/h17-22,31H,5-16H2,1-4H3/t17-,18?,19+,20?,21+,22?,24?,25?,26+/m1/s1. The summed E-state index contributed by atoms with van der Waals surface area (Å²) in [4.78, 5) is 14.6. The van der Waals surface area contributed by atoms with Gasteiger partial charge in [0.2, 0.25) is 0 Å². The van der Waals surface area contributed by atoms with Gasteiger partial charge in [0, 0.05) is 11.3 Å². The molecule has 0 heterocycles. The van der Waals surface area contributed by atoms with Crippen LogP contribution in [0.2, 0.25) is 0 Å². The van der Waals surface area contributed by atoms with Crippen LogP contribution < -0.4 is 0 Å². The number of hydrogen-bond donors (Lipinski definition) is 1. The Kier molecular flexibility index (Phi) is 6.59. The number of hydrogen-bond acceptors (Lipinski definition) is 4. The van der Waals surface area contributed by atoms with Crippen molar-refractivity contribution in [1.82, 2.24) is 0 Å². The van der Waals surface area contributed by atoms with Crippen LogP contribution in [0.5, 0.6) is 0 Å².